The summed E-state index contributed by atoms with van der Waals surface area (Å²) in [7, 11) is 0. The second-order valence-electron chi connectivity index (χ2n) is 4.44. The molecule has 0 saturated heterocycles. The van der Waals surface area contributed by atoms with Gasteiger partial charge in [0.25, 0.3) is 0 Å². The van der Waals surface area contributed by atoms with Crippen molar-refractivity contribution in [1.82, 2.24) is 4.98 Å². The Labute approximate surface area is 96.7 Å². The van der Waals surface area contributed by atoms with E-state index in [-0.39, 0.29) is 12.4 Å². The van der Waals surface area contributed by atoms with Gasteiger partial charge < -0.3 is 5.73 Å². The van der Waals surface area contributed by atoms with Gasteiger partial charge in [-0.3, -0.25) is 4.98 Å². The van der Waals surface area contributed by atoms with Crippen LogP contribution < -0.4 is 5.73 Å². The lowest BCUT2D eigenvalue weighted by molar-refractivity contribution is 0.665. The predicted molar refractivity (Wildman–Crippen MR) is 64.6 cm³/mol. The van der Waals surface area contributed by atoms with Crippen molar-refractivity contribution in [3.63, 3.8) is 0 Å². The number of aromatic nitrogens is 1. The first-order valence-electron chi connectivity index (χ1n) is 5.65. The molecular weight excluding hydrogens is 208 g/mol. The number of nitrogens with two attached hydrogens (primary N) is 1. The van der Waals surface area contributed by atoms with Gasteiger partial charge in [-0.15, -0.1) is 12.4 Å². The van der Waals surface area contributed by atoms with Crippen LogP contribution in [-0.4, -0.2) is 4.98 Å². The molecule has 1 heterocycles. The van der Waals surface area contributed by atoms with E-state index in [4.69, 9.17) is 10.7 Å². The molecule has 0 spiro atoms. The molecular formula is C12H17ClN2. The Bertz CT molecular complexity index is 388. The lowest BCUT2D eigenvalue weighted by Gasteiger charge is -2.19. The van der Waals surface area contributed by atoms with E-state index in [1.54, 1.807) is 0 Å². The van der Waals surface area contributed by atoms with Crippen LogP contribution in [0.5, 0.6) is 0 Å². The largest absolute Gasteiger partial charge is 0.398 e. The van der Waals surface area contributed by atoms with Crippen LogP contribution in [0.1, 0.15) is 41.8 Å². The number of aryl methyl sites for hydroxylation is 2. The van der Waals surface area contributed by atoms with Gasteiger partial charge in [-0.1, -0.05) is 0 Å². The van der Waals surface area contributed by atoms with E-state index in [1.807, 2.05) is 0 Å². The van der Waals surface area contributed by atoms with E-state index in [0.29, 0.717) is 0 Å². The zero-order valence-corrected chi connectivity index (χ0v) is 9.70. The Balaban J connectivity index is 0.000000853. The highest BCUT2D eigenvalue weighted by atomic mass is 35.5. The molecule has 2 nitrogen and oxygen atoms in total. The van der Waals surface area contributed by atoms with Gasteiger partial charge >= 0.3 is 0 Å². The molecule has 0 atom stereocenters. The summed E-state index contributed by atoms with van der Waals surface area (Å²) < 4.78 is 0. The zero-order chi connectivity index (χ0) is 9.54. The Morgan fingerprint density at radius 2 is 1.33 bits per heavy atom. The summed E-state index contributed by atoms with van der Waals surface area (Å²) >= 11 is 0. The minimum Gasteiger partial charge on any atom is -0.398 e. The minimum atomic E-state index is 0. The highest BCUT2D eigenvalue weighted by Crippen LogP contribution is 2.33. The summed E-state index contributed by atoms with van der Waals surface area (Å²) in [6, 6.07) is 0. The lowest BCUT2D eigenvalue weighted by Crippen LogP contribution is -2.12. The van der Waals surface area contributed by atoms with Crippen LogP contribution in [0.15, 0.2) is 0 Å². The number of nitrogen functional groups attached to an aromatic ring is 1. The molecule has 0 radical (unpaired) electrons. The van der Waals surface area contributed by atoms with Crippen LogP contribution in [0.4, 0.5) is 5.69 Å². The number of rotatable bonds is 0. The van der Waals surface area contributed by atoms with E-state index in [1.165, 1.54) is 41.8 Å². The molecule has 0 amide bonds. The van der Waals surface area contributed by atoms with Gasteiger partial charge in [0.2, 0.25) is 0 Å². The van der Waals surface area contributed by atoms with E-state index in [0.717, 1.165) is 31.4 Å². The van der Waals surface area contributed by atoms with Crippen LogP contribution in [0.3, 0.4) is 0 Å². The standard InChI is InChI=1S/C12H16N2.ClH/c13-12-8-4-1-2-6-10(8)14-11-7-3-5-9(11)12;/h1-7H2,(H2,13,14);1H. The highest BCUT2D eigenvalue weighted by molar-refractivity contribution is 5.85. The van der Waals surface area contributed by atoms with Crippen LogP contribution >= 0.6 is 12.4 Å². The molecule has 0 aromatic carbocycles. The van der Waals surface area contributed by atoms with E-state index in [2.05, 4.69) is 0 Å². The van der Waals surface area contributed by atoms with Crippen molar-refractivity contribution in [2.75, 3.05) is 5.73 Å². The van der Waals surface area contributed by atoms with Gasteiger partial charge in [0.15, 0.2) is 0 Å². The molecule has 0 fully saturated rings. The average Bonchev–Trinajstić information content (AvgIpc) is 2.66. The third kappa shape index (κ3) is 1.61. The fraction of sp³-hybridized carbons (Fsp3) is 0.583. The van der Waals surface area contributed by atoms with Crippen molar-refractivity contribution in [2.24, 2.45) is 0 Å². The molecule has 1 aromatic rings. The van der Waals surface area contributed by atoms with Crippen LogP contribution in [0.2, 0.25) is 0 Å². The van der Waals surface area contributed by atoms with Gasteiger partial charge in [-0.05, 0) is 56.1 Å². The number of fused-ring (bicyclic) bond motifs is 2. The first-order chi connectivity index (χ1) is 6.86. The van der Waals surface area contributed by atoms with Crippen molar-refractivity contribution in [1.29, 1.82) is 0 Å². The molecule has 1 aromatic heterocycles. The molecule has 2 aliphatic carbocycles. The Hall–Kier alpha value is -0.760. The monoisotopic (exact) mass is 224 g/mol. The molecule has 0 bridgehead atoms. The van der Waals surface area contributed by atoms with Crippen molar-refractivity contribution >= 4 is 18.1 Å². The highest BCUT2D eigenvalue weighted by Gasteiger charge is 2.22. The molecule has 2 aliphatic rings. The van der Waals surface area contributed by atoms with Crippen LogP contribution in [0, 0.1) is 0 Å². The minimum absolute atomic E-state index is 0. The quantitative estimate of drug-likeness (QED) is 0.735. The predicted octanol–water partition coefficient (Wildman–Crippen LogP) is 2.45. The topological polar surface area (TPSA) is 38.9 Å². The summed E-state index contributed by atoms with van der Waals surface area (Å²) in [5.74, 6) is 0. The maximum atomic E-state index is 6.22. The summed E-state index contributed by atoms with van der Waals surface area (Å²) in [5.41, 5.74) is 12.6. The van der Waals surface area contributed by atoms with Gasteiger partial charge in [-0.2, -0.15) is 0 Å². The molecule has 0 unspecified atom stereocenters. The third-order valence-corrected chi connectivity index (χ3v) is 3.55. The van der Waals surface area contributed by atoms with Crippen LogP contribution in [-0.2, 0) is 25.7 Å². The first kappa shape index (κ1) is 10.7. The number of anilines is 1. The summed E-state index contributed by atoms with van der Waals surface area (Å²) in [4.78, 5) is 4.77. The number of hydrogen-bond donors (Lipinski definition) is 1. The van der Waals surface area contributed by atoms with E-state index < -0.39 is 0 Å². The molecule has 0 saturated carbocycles. The van der Waals surface area contributed by atoms with Gasteiger partial charge in [-0.25, -0.2) is 0 Å². The zero-order valence-electron chi connectivity index (χ0n) is 8.88. The smallest absolute Gasteiger partial charge is 0.0459 e. The second-order valence-corrected chi connectivity index (χ2v) is 4.44. The maximum Gasteiger partial charge on any atom is 0.0459 e. The van der Waals surface area contributed by atoms with E-state index >= 15 is 0 Å². The van der Waals surface area contributed by atoms with Gasteiger partial charge in [0, 0.05) is 17.1 Å². The maximum absolute atomic E-state index is 6.22. The number of nitrogens with zero attached hydrogens (tertiary/aromatic N) is 1. The molecule has 15 heavy (non-hydrogen) atoms. The van der Waals surface area contributed by atoms with Crippen molar-refractivity contribution in [2.45, 2.75) is 44.9 Å². The van der Waals surface area contributed by atoms with Crippen molar-refractivity contribution in [3.05, 3.63) is 22.5 Å². The van der Waals surface area contributed by atoms with Gasteiger partial charge in [0.1, 0.15) is 0 Å². The fourth-order valence-corrected chi connectivity index (χ4v) is 2.79. The summed E-state index contributed by atoms with van der Waals surface area (Å²) in [6.45, 7) is 0. The normalized spacial score (nSPS) is 17.9. The lowest BCUT2D eigenvalue weighted by atomic mass is 9.92. The molecule has 82 valence electrons. The number of halogens is 1. The molecule has 0 aliphatic heterocycles. The first-order valence-corrected chi connectivity index (χ1v) is 5.65. The van der Waals surface area contributed by atoms with Crippen molar-refractivity contribution < 1.29 is 0 Å². The molecule has 3 rings (SSSR count). The number of pyridine rings is 1. The third-order valence-electron chi connectivity index (χ3n) is 3.55. The Morgan fingerprint density at radius 3 is 2.07 bits per heavy atom. The molecule has 3 heteroatoms. The Morgan fingerprint density at radius 1 is 0.800 bits per heavy atom. The van der Waals surface area contributed by atoms with Gasteiger partial charge in [0.05, 0.1) is 0 Å². The van der Waals surface area contributed by atoms with E-state index in [9.17, 15) is 0 Å². The summed E-state index contributed by atoms with van der Waals surface area (Å²) in [5, 5.41) is 0. The van der Waals surface area contributed by atoms with Crippen molar-refractivity contribution in [3.8, 4) is 0 Å². The average molecular weight is 225 g/mol. The SMILES string of the molecule is Cl.Nc1c2c(nc3c1CCC3)CCCC2. The van der Waals surface area contributed by atoms with Crippen LogP contribution in [0.25, 0.3) is 0 Å². The second kappa shape index (κ2) is 4.01. The number of hydrogen-bond acceptors (Lipinski definition) is 2. The molecule has 2 N–H and O–H groups in total. The summed E-state index contributed by atoms with van der Waals surface area (Å²) in [6.07, 6.45) is 8.42. The fourth-order valence-electron chi connectivity index (χ4n) is 2.79. The Kier molecular flexibility index (Phi) is 2.87.